The largest absolute Gasteiger partial charge is 0.271 e. The lowest BCUT2D eigenvalue weighted by atomic mass is 10.1. The van der Waals surface area contributed by atoms with Gasteiger partial charge >= 0.3 is 0 Å². The smallest absolute Gasteiger partial charge is 0.0238 e. The molecule has 1 unspecified atom stereocenters. The van der Waals surface area contributed by atoms with Crippen molar-refractivity contribution in [1.82, 2.24) is 5.43 Å². The van der Waals surface area contributed by atoms with Crippen molar-refractivity contribution in [2.45, 2.75) is 44.6 Å². The van der Waals surface area contributed by atoms with Crippen LogP contribution in [0, 0.1) is 11.8 Å². The molecule has 0 spiro atoms. The summed E-state index contributed by atoms with van der Waals surface area (Å²) in [4.78, 5) is 0. The Labute approximate surface area is 68.5 Å². The fourth-order valence-electron chi connectivity index (χ4n) is 1.78. The molecule has 0 amide bonds. The standard InChI is InChI=1S/C9H18N2/c10-11-9(8-4-5-8)6-3-7-1-2-7/h7-9,11H,1-6,10H2. The van der Waals surface area contributed by atoms with Crippen molar-refractivity contribution in [2.75, 3.05) is 0 Å². The molecule has 0 radical (unpaired) electrons. The molecule has 2 aliphatic carbocycles. The van der Waals surface area contributed by atoms with Crippen molar-refractivity contribution in [2.24, 2.45) is 17.7 Å². The van der Waals surface area contributed by atoms with Crippen molar-refractivity contribution in [3.05, 3.63) is 0 Å². The minimum Gasteiger partial charge on any atom is -0.271 e. The van der Waals surface area contributed by atoms with Crippen LogP contribution in [-0.2, 0) is 0 Å². The molecule has 2 aliphatic rings. The Balaban J connectivity index is 1.63. The van der Waals surface area contributed by atoms with E-state index in [1.165, 1.54) is 38.5 Å². The monoisotopic (exact) mass is 154 g/mol. The fraction of sp³-hybridized carbons (Fsp3) is 1.00. The van der Waals surface area contributed by atoms with E-state index in [0.717, 1.165) is 11.8 Å². The molecule has 2 nitrogen and oxygen atoms in total. The lowest BCUT2D eigenvalue weighted by Crippen LogP contribution is -2.36. The summed E-state index contributed by atoms with van der Waals surface area (Å²) >= 11 is 0. The Hall–Kier alpha value is -0.0800. The first kappa shape index (κ1) is 7.56. The molecule has 2 heteroatoms. The summed E-state index contributed by atoms with van der Waals surface area (Å²) in [6.45, 7) is 0. The Bertz CT molecular complexity index is 128. The predicted molar refractivity (Wildman–Crippen MR) is 45.8 cm³/mol. The minimum atomic E-state index is 0.635. The van der Waals surface area contributed by atoms with Gasteiger partial charge in [0.05, 0.1) is 0 Å². The third-order valence-electron chi connectivity index (χ3n) is 2.99. The minimum absolute atomic E-state index is 0.635. The maximum absolute atomic E-state index is 5.47. The molecule has 3 N–H and O–H groups in total. The van der Waals surface area contributed by atoms with Crippen LogP contribution in [0.1, 0.15) is 38.5 Å². The van der Waals surface area contributed by atoms with Crippen LogP contribution >= 0.6 is 0 Å². The second kappa shape index (κ2) is 3.11. The van der Waals surface area contributed by atoms with E-state index in [4.69, 9.17) is 5.84 Å². The third-order valence-corrected chi connectivity index (χ3v) is 2.99. The quantitative estimate of drug-likeness (QED) is 0.464. The fourth-order valence-corrected chi connectivity index (χ4v) is 1.78. The maximum Gasteiger partial charge on any atom is 0.0238 e. The summed E-state index contributed by atoms with van der Waals surface area (Å²) in [5.41, 5.74) is 2.95. The van der Waals surface area contributed by atoms with Gasteiger partial charge in [-0.05, 0) is 37.5 Å². The zero-order valence-corrected chi connectivity index (χ0v) is 7.05. The summed E-state index contributed by atoms with van der Waals surface area (Å²) < 4.78 is 0. The summed E-state index contributed by atoms with van der Waals surface area (Å²) in [5.74, 6) is 7.45. The van der Waals surface area contributed by atoms with Gasteiger partial charge < -0.3 is 0 Å². The highest BCUT2D eigenvalue weighted by Gasteiger charge is 2.31. The van der Waals surface area contributed by atoms with E-state index in [-0.39, 0.29) is 0 Å². The van der Waals surface area contributed by atoms with Crippen LogP contribution in [0.2, 0.25) is 0 Å². The summed E-state index contributed by atoms with van der Waals surface area (Å²) in [6.07, 6.45) is 8.47. The number of nitrogens with one attached hydrogen (secondary N) is 1. The second-order valence-corrected chi connectivity index (χ2v) is 4.13. The van der Waals surface area contributed by atoms with Crippen LogP contribution in [0.25, 0.3) is 0 Å². The Morgan fingerprint density at radius 2 is 2.00 bits per heavy atom. The zero-order chi connectivity index (χ0) is 7.68. The average molecular weight is 154 g/mol. The average Bonchev–Trinajstić information content (AvgIpc) is 2.85. The zero-order valence-electron chi connectivity index (χ0n) is 7.05. The molecule has 2 saturated carbocycles. The van der Waals surface area contributed by atoms with Crippen LogP contribution < -0.4 is 11.3 Å². The van der Waals surface area contributed by atoms with E-state index in [0.29, 0.717) is 6.04 Å². The first-order valence-corrected chi connectivity index (χ1v) is 4.86. The molecule has 0 aromatic rings. The molecule has 2 fully saturated rings. The van der Waals surface area contributed by atoms with E-state index >= 15 is 0 Å². The molecule has 0 heterocycles. The van der Waals surface area contributed by atoms with Crippen LogP contribution in [0.4, 0.5) is 0 Å². The predicted octanol–water partition coefficient (Wildman–Crippen LogP) is 1.42. The molecule has 1 atom stereocenters. The third kappa shape index (κ3) is 2.17. The SMILES string of the molecule is NNC(CCC1CC1)C1CC1. The summed E-state index contributed by atoms with van der Waals surface area (Å²) in [6, 6.07) is 0.635. The maximum atomic E-state index is 5.47. The number of hydrogen-bond acceptors (Lipinski definition) is 2. The van der Waals surface area contributed by atoms with Crippen LogP contribution in [0.5, 0.6) is 0 Å². The molecule has 0 aromatic heterocycles. The highest BCUT2D eigenvalue weighted by atomic mass is 15.2. The molecule has 64 valence electrons. The van der Waals surface area contributed by atoms with Gasteiger partial charge in [0.2, 0.25) is 0 Å². The van der Waals surface area contributed by atoms with Gasteiger partial charge in [-0.25, -0.2) is 0 Å². The topological polar surface area (TPSA) is 38.0 Å². The summed E-state index contributed by atoms with van der Waals surface area (Å²) in [5, 5.41) is 0. The molecule has 0 bridgehead atoms. The number of hydrazine groups is 1. The highest BCUT2D eigenvalue weighted by Crippen LogP contribution is 2.38. The highest BCUT2D eigenvalue weighted by molar-refractivity contribution is 4.86. The van der Waals surface area contributed by atoms with Crippen LogP contribution in [0.15, 0.2) is 0 Å². The van der Waals surface area contributed by atoms with E-state index < -0.39 is 0 Å². The summed E-state index contributed by atoms with van der Waals surface area (Å²) in [7, 11) is 0. The van der Waals surface area contributed by atoms with Gasteiger partial charge in [-0.15, -0.1) is 0 Å². The number of nitrogens with two attached hydrogens (primary N) is 1. The first-order valence-electron chi connectivity index (χ1n) is 4.86. The van der Waals surface area contributed by atoms with E-state index in [1.807, 2.05) is 0 Å². The van der Waals surface area contributed by atoms with Crippen molar-refractivity contribution >= 4 is 0 Å². The van der Waals surface area contributed by atoms with Crippen molar-refractivity contribution in [3.8, 4) is 0 Å². The molecule has 0 saturated heterocycles. The number of hydrogen-bond donors (Lipinski definition) is 2. The van der Waals surface area contributed by atoms with Crippen LogP contribution in [0.3, 0.4) is 0 Å². The van der Waals surface area contributed by atoms with Crippen molar-refractivity contribution < 1.29 is 0 Å². The van der Waals surface area contributed by atoms with Gasteiger partial charge in [-0.2, -0.15) is 0 Å². The Morgan fingerprint density at radius 3 is 2.45 bits per heavy atom. The van der Waals surface area contributed by atoms with Crippen molar-refractivity contribution in [1.29, 1.82) is 0 Å². The molecular formula is C9H18N2. The van der Waals surface area contributed by atoms with Gasteiger partial charge in [-0.1, -0.05) is 12.8 Å². The van der Waals surface area contributed by atoms with Crippen molar-refractivity contribution in [3.63, 3.8) is 0 Å². The first-order chi connectivity index (χ1) is 5.40. The van der Waals surface area contributed by atoms with Gasteiger partial charge in [-0.3, -0.25) is 11.3 Å². The van der Waals surface area contributed by atoms with Gasteiger partial charge in [0, 0.05) is 6.04 Å². The molecule has 0 aliphatic heterocycles. The molecule has 0 aromatic carbocycles. The van der Waals surface area contributed by atoms with Gasteiger partial charge in [0.25, 0.3) is 0 Å². The van der Waals surface area contributed by atoms with Crippen LogP contribution in [-0.4, -0.2) is 6.04 Å². The molecule has 2 rings (SSSR count). The molecular weight excluding hydrogens is 136 g/mol. The van der Waals surface area contributed by atoms with E-state index in [9.17, 15) is 0 Å². The van der Waals surface area contributed by atoms with Gasteiger partial charge in [0.1, 0.15) is 0 Å². The lowest BCUT2D eigenvalue weighted by Gasteiger charge is -2.13. The number of rotatable bonds is 5. The normalized spacial score (nSPS) is 27.0. The lowest BCUT2D eigenvalue weighted by molar-refractivity contribution is 0.423. The molecule has 11 heavy (non-hydrogen) atoms. The Kier molecular flexibility index (Phi) is 2.14. The Morgan fingerprint density at radius 1 is 1.27 bits per heavy atom. The van der Waals surface area contributed by atoms with Gasteiger partial charge in [0.15, 0.2) is 0 Å². The van der Waals surface area contributed by atoms with E-state index in [1.54, 1.807) is 0 Å². The second-order valence-electron chi connectivity index (χ2n) is 4.13. The van der Waals surface area contributed by atoms with E-state index in [2.05, 4.69) is 5.43 Å².